The molecule has 1 heterocycles. The molecule has 1 amide bonds. The van der Waals surface area contributed by atoms with Crippen molar-refractivity contribution >= 4 is 61.8 Å². The number of nitro benzene ring substituents is 1. The summed E-state index contributed by atoms with van der Waals surface area (Å²) in [5, 5.41) is 15.6. The number of thiophene rings is 1. The van der Waals surface area contributed by atoms with E-state index in [1.54, 1.807) is 24.3 Å². The SMILES string of the molecule is CCOc1cc(/C=N\NC(=O)c2cc3cc([N+](=O)[O-])ccc3s2)ccc1OCc1ccc(I)cc1. The van der Waals surface area contributed by atoms with E-state index in [9.17, 15) is 14.9 Å². The van der Waals surface area contributed by atoms with E-state index in [0.717, 1.165) is 19.4 Å². The van der Waals surface area contributed by atoms with Gasteiger partial charge in [-0.15, -0.1) is 11.3 Å². The van der Waals surface area contributed by atoms with Crippen molar-refractivity contribution in [3.8, 4) is 11.5 Å². The first-order chi connectivity index (χ1) is 16.9. The molecule has 0 spiro atoms. The first-order valence-corrected chi connectivity index (χ1v) is 12.5. The Morgan fingerprint density at radius 1 is 1.09 bits per heavy atom. The average molecular weight is 601 g/mol. The summed E-state index contributed by atoms with van der Waals surface area (Å²) in [6, 6.07) is 19.6. The Bertz CT molecular complexity index is 1400. The quantitative estimate of drug-likeness (QED) is 0.107. The molecule has 0 aliphatic heterocycles. The standard InChI is InChI=1S/C25H20IN3O5S/c1-2-33-22-11-17(5-9-21(22)34-15-16-3-6-19(26)7-4-16)14-27-28-25(30)24-13-18-12-20(29(31)32)8-10-23(18)35-24/h3-14H,2,15H2,1H3,(H,28,30)/b27-14-. The van der Waals surface area contributed by atoms with Crippen LogP contribution in [0.2, 0.25) is 0 Å². The second-order valence-corrected chi connectivity index (χ2v) is 9.67. The molecule has 0 unspecified atom stereocenters. The molecule has 0 aliphatic carbocycles. The molecule has 0 atom stereocenters. The third-order valence-corrected chi connectivity index (χ3v) is 6.72. The molecule has 1 N–H and O–H groups in total. The van der Waals surface area contributed by atoms with Crippen LogP contribution < -0.4 is 14.9 Å². The molecule has 35 heavy (non-hydrogen) atoms. The lowest BCUT2D eigenvalue weighted by atomic mass is 10.2. The highest BCUT2D eigenvalue weighted by Gasteiger charge is 2.13. The van der Waals surface area contributed by atoms with Gasteiger partial charge in [-0.3, -0.25) is 14.9 Å². The molecule has 1 aromatic heterocycles. The van der Waals surface area contributed by atoms with Crippen LogP contribution in [0.4, 0.5) is 5.69 Å². The van der Waals surface area contributed by atoms with E-state index in [-0.39, 0.29) is 5.69 Å². The molecule has 0 aliphatic rings. The zero-order valence-corrected chi connectivity index (χ0v) is 21.5. The van der Waals surface area contributed by atoms with Gasteiger partial charge in [-0.2, -0.15) is 5.10 Å². The number of hydrogen-bond acceptors (Lipinski definition) is 7. The summed E-state index contributed by atoms with van der Waals surface area (Å²) in [5.41, 5.74) is 4.26. The maximum Gasteiger partial charge on any atom is 0.281 e. The van der Waals surface area contributed by atoms with Gasteiger partial charge in [0, 0.05) is 25.8 Å². The van der Waals surface area contributed by atoms with Crippen molar-refractivity contribution in [1.29, 1.82) is 0 Å². The van der Waals surface area contributed by atoms with Crippen molar-refractivity contribution < 1.29 is 19.2 Å². The van der Waals surface area contributed by atoms with Crippen molar-refractivity contribution in [2.24, 2.45) is 5.10 Å². The van der Waals surface area contributed by atoms with E-state index in [1.165, 1.54) is 29.7 Å². The van der Waals surface area contributed by atoms with Crippen molar-refractivity contribution in [3.05, 3.63) is 96.4 Å². The number of halogens is 1. The fourth-order valence-electron chi connectivity index (χ4n) is 3.21. The first kappa shape index (κ1) is 24.6. The van der Waals surface area contributed by atoms with Gasteiger partial charge in [-0.1, -0.05) is 12.1 Å². The number of nitrogens with one attached hydrogen (secondary N) is 1. The van der Waals surface area contributed by atoms with Crippen molar-refractivity contribution in [3.63, 3.8) is 0 Å². The molecule has 4 rings (SSSR count). The molecule has 0 saturated carbocycles. The molecule has 0 radical (unpaired) electrons. The minimum Gasteiger partial charge on any atom is -0.490 e. The van der Waals surface area contributed by atoms with Gasteiger partial charge in [0.15, 0.2) is 11.5 Å². The van der Waals surface area contributed by atoms with Crippen LogP contribution in [0.3, 0.4) is 0 Å². The fraction of sp³-hybridized carbons (Fsp3) is 0.120. The molecule has 0 saturated heterocycles. The lowest BCUT2D eigenvalue weighted by Crippen LogP contribution is -2.16. The summed E-state index contributed by atoms with van der Waals surface area (Å²) in [7, 11) is 0. The fourth-order valence-corrected chi connectivity index (χ4v) is 4.50. The number of benzene rings is 3. The summed E-state index contributed by atoms with van der Waals surface area (Å²) in [4.78, 5) is 23.4. The predicted octanol–water partition coefficient (Wildman–Crippen LogP) is 6.16. The van der Waals surface area contributed by atoms with E-state index in [1.807, 2.05) is 37.3 Å². The maximum absolute atomic E-state index is 12.5. The van der Waals surface area contributed by atoms with E-state index < -0.39 is 10.8 Å². The van der Waals surface area contributed by atoms with E-state index >= 15 is 0 Å². The zero-order valence-electron chi connectivity index (χ0n) is 18.6. The van der Waals surface area contributed by atoms with Crippen LogP contribution in [-0.2, 0) is 6.61 Å². The van der Waals surface area contributed by atoms with Gasteiger partial charge in [0.05, 0.1) is 22.6 Å². The van der Waals surface area contributed by atoms with Gasteiger partial charge >= 0.3 is 0 Å². The normalized spacial score (nSPS) is 11.0. The summed E-state index contributed by atoms with van der Waals surface area (Å²) in [6.07, 6.45) is 1.52. The van der Waals surface area contributed by atoms with E-state index in [2.05, 4.69) is 33.1 Å². The third kappa shape index (κ3) is 6.34. The molecule has 10 heteroatoms. The Morgan fingerprint density at radius 2 is 1.89 bits per heavy atom. The minimum atomic E-state index is -0.462. The zero-order chi connectivity index (χ0) is 24.8. The van der Waals surface area contributed by atoms with Crippen molar-refractivity contribution in [2.75, 3.05) is 6.61 Å². The molecular weight excluding hydrogens is 581 g/mol. The highest BCUT2D eigenvalue weighted by Crippen LogP contribution is 2.30. The van der Waals surface area contributed by atoms with E-state index in [0.29, 0.717) is 35.0 Å². The summed E-state index contributed by atoms with van der Waals surface area (Å²) in [6.45, 7) is 2.78. The van der Waals surface area contributed by atoms with Crippen LogP contribution in [0, 0.1) is 13.7 Å². The number of carbonyl (C=O) groups is 1. The lowest BCUT2D eigenvalue weighted by molar-refractivity contribution is -0.384. The van der Waals surface area contributed by atoms with Crippen LogP contribution in [0.1, 0.15) is 27.7 Å². The number of amides is 1. The molecule has 8 nitrogen and oxygen atoms in total. The van der Waals surface area contributed by atoms with Gasteiger partial charge in [0.1, 0.15) is 6.61 Å². The smallest absolute Gasteiger partial charge is 0.281 e. The topological polar surface area (TPSA) is 103 Å². The Labute approximate surface area is 218 Å². The number of fused-ring (bicyclic) bond motifs is 1. The molecule has 3 aromatic carbocycles. The monoisotopic (exact) mass is 601 g/mol. The van der Waals surface area contributed by atoms with Gasteiger partial charge in [-0.25, -0.2) is 5.43 Å². The number of hydrogen-bond donors (Lipinski definition) is 1. The number of nitro groups is 1. The van der Waals surface area contributed by atoms with Crippen molar-refractivity contribution in [1.82, 2.24) is 5.43 Å². The minimum absolute atomic E-state index is 0.0173. The van der Waals surface area contributed by atoms with Crippen LogP contribution >= 0.6 is 33.9 Å². The highest BCUT2D eigenvalue weighted by molar-refractivity contribution is 14.1. The summed E-state index contributed by atoms with van der Waals surface area (Å²) < 4.78 is 13.6. The van der Waals surface area contributed by atoms with Crippen LogP contribution in [-0.4, -0.2) is 23.7 Å². The molecule has 4 aromatic rings. The van der Waals surface area contributed by atoms with Crippen LogP contribution in [0.5, 0.6) is 11.5 Å². The van der Waals surface area contributed by atoms with E-state index in [4.69, 9.17) is 9.47 Å². The van der Waals surface area contributed by atoms with Gasteiger partial charge in [-0.05, 0) is 83.1 Å². The second-order valence-electron chi connectivity index (χ2n) is 7.34. The third-order valence-electron chi connectivity index (χ3n) is 4.89. The average Bonchev–Trinajstić information content (AvgIpc) is 3.28. The molecule has 178 valence electrons. The predicted molar refractivity (Wildman–Crippen MR) is 145 cm³/mol. The van der Waals surface area contributed by atoms with Crippen LogP contribution in [0.25, 0.3) is 10.1 Å². The van der Waals surface area contributed by atoms with Gasteiger partial charge in [0.25, 0.3) is 11.6 Å². The Morgan fingerprint density at radius 3 is 2.63 bits per heavy atom. The summed E-state index contributed by atoms with van der Waals surface area (Å²) in [5.74, 6) is 0.804. The number of carbonyl (C=O) groups excluding carboxylic acids is 1. The molecule has 0 fully saturated rings. The lowest BCUT2D eigenvalue weighted by Gasteiger charge is -2.12. The highest BCUT2D eigenvalue weighted by atomic mass is 127. The molecule has 0 bridgehead atoms. The second kappa shape index (κ2) is 11.3. The largest absolute Gasteiger partial charge is 0.490 e. The van der Waals surface area contributed by atoms with Crippen LogP contribution in [0.15, 0.2) is 71.8 Å². The first-order valence-electron chi connectivity index (χ1n) is 10.6. The Hall–Kier alpha value is -3.51. The Kier molecular flexibility index (Phi) is 7.93. The molecular formula is C25H20IN3O5S. The Balaban J connectivity index is 1.41. The number of ether oxygens (including phenoxy) is 2. The number of nitrogens with zero attached hydrogens (tertiary/aromatic N) is 2. The number of rotatable bonds is 9. The number of non-ortho nitro benzene ring substituents is 1. The van der Waals surface area contributed by atoms with Gasteiger partial charge in [0.2, 0.25) is 0 Å². The van der Waals surface area contributed by atoms with Gasteiger partial charge < -0.3 is 9.47 Å². The summed E-state index contributed by atoms with van der Waals surface area (Å²) >= 11 is 3.50. The number of hydrazone groups is 1. The maximum atomic E-state index is 12.5. The van der Waals surface area contributed by atoms with Crippen molar-refractivity contribution in [2.45, 2.75) is 13.5 Å².